The van der Waals surface area contributed by atoms with Gasteiger partial charge < -0.3 is 26.2 Å². The van der Waals surface area contributed by atoms with Gasteiger partial charge in [0.15, 0.2) is 0 Å². The van der Waals surface area contributed by atoms with Crippen molar-refractivity contribution in [3.05, 3.63) is 12.7 Å². The van der Waals surface area contributed by atoms with Crippen LogP contribution >= 0.6 is 0 Å². The SMILES string of the molecule is C=CCNC(=O)C(=O)[C@H](CCC1CC1)NC(=O)[C@@H]1[C@H]2CCC[C@H]2CN1C(=O)[C@@H](NC(=O)NC1([C@H]2CCN(C)S2(=O)=O)CCCCC1)C(C)(C)C. The van der Waals surface area contributed by atoms with E-state index in [4.69, 9.17) is 0 Å². The Morgan fingerprint density at radius 2 is 1.66 bits per heavy atom. The molecule has 2 saturated heterocycles. The molecule has 0 bridgehead atoms. The van der Waals surface area contributed by atoms with E-state index in [1.807, 2.05) is 20.8 Å². The zero-order chi connectivity index (χ0) is 36.4. The largest absolute Gasteiger partial charge is 0.346 e. The van der Waals surface area contributed by atoms with Crippen LogP contribution in [0.1, 0.15) is 104 Å². The summed E-state index contributed by atoms with van der Waals surface area (Å²) in [5.41, 5.74) is -1.69. The number of hydrogen-bond donors (Lipinski definition) is 4. The maximum Gasteiger partial charge on any atom is 0.315 e. The highest BCUT2D eigenvalue weighted by Gasteiger charge is 2.54. The molecule has 50 heavy (non-hydrogen) atoms. The van der Waals surface area contributed by atoms with Crippen molar-refractivity contribution in [3.63, 3.8) is 0 Å². The third kappa shape index (κ3) is 8.21. The van der Waals surface area contributed by atoms with Gasteiger partial charge in [-0.15, -0.1) is 6.58 Å². The Bertz CT molecular complexity index is 1430. The van der Waals surface area contributed by atoms with E-state index in [0.29, 0.717) is 44.7 Å². The van der Waals surface area contributed by atoms with Crippen LogP contribution in [0.15, 0.2) is 12.7 Å². The van der Waals surface area contributed by atoms with Crippen LogP contribution in [0, 0.1) is 23.2 Å². The van der Waals surface area contributed by atoms with Crippen LogP contribution in [0.3, 0.4) is 0 Å². The predicted octanol–water partition coefficient (Wildman–Crippen LogP) is 2.61. The van der Waals surface area contributed by atoms with Gasteiger partial charge in [0.1, 0.15) is 12.1 Å². The van der Waals surface area contributed by atoms with Gasteiger partial charge in [0.05, 0.1) is 16.8 Å². The highest BCUT2D eigenvalue weighted by atomic mass is 32.2. The molecule has 0 aromatic rings. The van der Waals surface area contributed by atoms with Crippen LogP contribution in [0.25, 0.3) is 0 Å². The van der Waals surface area contributed by atoms with Gasteiger partial charge in [0.2, 0.25) is 27.6 Å². The number of sulfonamides is 1. The molecule has 0 unspecified atom stereocenters. The van der Waals surface area contributed by atoms with Crippen LogP contribution in [0.5, 0.6) is 0 Å². The summed E-state index contributed by atoms with van der Waals surface area (Å²) in [4.78, 5) is 70.1. The van der Waals surface area contributed by atoms with E-state index in [9.17, 15) is 32.4 Å². The quantitative estimate of drug-likeness (QED) is 0.167. The molecule has 5 aliphatic rings. The van der Waals surface area contributed by atoms with E-state index < -0.39 is 73.9 Å². The molecule has 14 heteroatoms. The fourth-order valence-electron chi connectivity index (χ4n) is 8.89. The number of urea groups is 1. The molecule has 2 aliphatic heterocycles. The van der Waals surface area contributed by atoms with Gasteiger partial charge in [-0.05, 0) is 68.1 Å². The number of fused-ring (bicyclic) bond motifs is 1. The van der Waals surface area contributed by atoms with Gasteiger partial charge in [-0.2, -0.15) is 0 Å². The minimum atomic E-state index is -3.60. The van der Waals surface area contributed by atoms with Gasteiger partial charge in [0.25, 0.3) is 5.91 Å². The minimum absolute atomic E-state index is 0.0998. The molecule has 2 heterocycles. The molecular weight excluding hydrogens is 660 g/mol. The third-order valence-electron chi connectivity index (χ3n) is 11.9. The Hall–Kier alpha value is -3.00. The molecule has 0 radical (unpaired) electrons. The fourth-order valence-corrected chi connectivity index (χ4v) is 10.9. The Morgan fingerprint density at radius 1 is 0.960 bits per heavy atom. The molecule has 280 valence electrons. The van der Waals surface area contributed by atoms with Gasteiger partial charge >= 0.3 is 6.03 Å². The number of carbonyl (C=O) groups is 5. The fraction of sp³-hybridized carbons (Fsp3) is 0.806. The molecular formula is C36H58N6O7S. The van der Waals surface area contributed by atoms with Crippen molar-refractivity contribution in [1.82, 2.24) is 30.5 Å². The average molecular weight is 719 g/mol. The molecule has 3 saturated carbocycles. The lowest BCUT2D eigenvalue weighted by atomic mass is 9.78. The summed E-state index contributed by atoms with van der Waals surface area (Å²) in [5, 5.41) is 10.7. The molecule has 5 amide bonds. The number of ketones is 1. The second-order valence-electron chi connectivity index (χ2n) is 16.5. The van der Waals surface area contributed by atoms with Gasteiger partial charge in [-0.3, -0.25) is 19.2 Å². The zero-order valence-electron chi connectivity index (χ0n) is 30.3. The predicted molar refractivity (Wildman–Crippen MR) is 189 cm³/mol. The number of Topliss-reactive ketones (excluding diaryl/α,β-unsaturated/α-hetero) is 1. The maximum atomic E-state index is 14.6. The maximum absolute atomic E-state index is 14.6. The average Bonchev–Trinajstić information content (AvgIpc) is 3.55. The lowest BCUT2D eigenvalue weighted by Crippen LogP contribution is -2.65. The monoisotopic (exact) mass is 718 g/mol. The second kappa shape index (κ2) is 15.3. The third-order valence-corrected chi connectivity index (χ3v) is 14.3. The molecule has 0 spiro atoms. The van der Waals surface area contributed by atoms with Crippen LogP contribution in [-0.2, 0) is 29.2 Å². The van der Waals surface area contributed by atoms with Gasteiger partial charge in [-0.1, -0.05) is 65.4 Å². The summed E-state index contributed by atoms with van der Waals surface area (Å²) in [5.74, 6) is -1.84. The van der Waals surface area contributed by atoms with E-state index in [0.717, 1.165) is 57.8 Å². The Kier molecular flexibility index (Phi) is 11.7. The molecule has 3 aliphatic carbocycles. The van der Waals surface area contributed by atoms with Crippen molar-refractivity contribution in [3.8, 4) is 0 Å². The first-order valence-electron chi connectivity index (χ1n) is 18.7. The van der Waals surface area contributed by atoms with Crippen molar-refractivity contribution in [1.29, 1.82) is 0 Å². The van der Waals surface area contributed by atoms with Crippen LogP contribution in [0.2, 0.25) is 0 Å². The number of amides is 5. The van der Waals surface area contributed by atoms with Crippen molar-refractivity contribution in [2.45, 2.75) is 133 Å². The number of nitrogens with zero attached hydrogens (tertiary/aromatic N) is 2. The Morgan fingerprint density at radius 3 is 2.26 bits per heavy atom. The first kappa shape index (κ1) is 38.2. The lowest BCUT2D eigenvalue weighted by Gasteiger charge is -2.43. The van der Waals surface area contributed by atoms with E-state index in [2.05, 4.69) is 27.8 Å². The standard InChI is InChI=1S/C36H58N6O7S/c1-6-20-37-32(45)29(43)26(16-15-23-13-14-23)38-31(44)28-25-12-10-11-24(25)22-42(28)33(46)30(35(2,3)4)39-34(47)40-36(18-8-7-9-19-36)27-17-21-41(5)50(27,48)49/h6,23-28,30H,1,7-22H2,2-5H3,(H,37,45)(H,38,44)(H2,39,40,47)/t24-,25-,26-,27+,28-,30+/m0/s1. The van der Waals surface area contributed by atoms with Crippen molar-refractivity contribution in [2.24, 2.45) is 23.2 Å². The van der Waals surface area contributed by atoms with E-state index in [-0.39, 0.29) is 18.4 Å². The van der Waals surface area contributed by atoms with Crippen LogP contribution in [-0.4, -0.2) is 103 Å². The van der Waals surface area contributed by atoms with Crippen LogP contribution < -0.4 is 21.3 Å². The number of nitrogens with one attached hydrogen (secondary N) is 4. The topological polar surface area (TPSA) is 174 Å². The van der Waals surface area contributed by atoms with E-state index in [1.165, 1.54) is 10.4 Å². The highest BCUT2D eigenvalue weighted by Crippen LogP contribution is 2.44. The van der Waals surface area contributed by atoms with E-state index >= 15 is 0 Å². The molecule has 6 atom stereocenters. The number of carbonyl (C=O) groups excluding carboxylic acids is 5. The van der Waals surface area contributed by atoms with Crippen LogP contribution in [0.4, 0.5) is 4.79 Å². The van der Waals surface area contributed by atoms with Crippen molar-refractivity contribution in [2.75, 3.05) is 26.7 Å². The number of rotatable bonds is 13. The first-order valence-corrected chi connectivity index (χ1v) is 20.2. The van der Waals surface area contributed by atoms with Gasteiger partial charge in [-0.25, -0.2) is 17.5 Å². The second-order valence-corrected chi connectivity index (χ2v) is 18.7. The molecule has 13 nitrogen and oxygen atoms in total. The summed E-state index contributed by atoms with van der Waals surface area (Å²) in [6.45, 7) is 10.0. The Balaban J connectivity index is 1.35. The molecule has 5 rings (SSSR count). The summed E-state index contributed by atoms with van der Waals surface area (Å²) >= 11 is 0. The van der Waals surface area contributed by atoms with Gasteiger partial charge in [0, 0.05) is 26.7 Å². The Labute approximate surface area is 297 Å². The molecule has 0 aromatic heterocycles. The highest BCUT2D eigenvalue weighted by molar-refractivity contribution is 7.90. The van der Waals surface area contributed by atoms with Crippen molar-refractivity contribution >= 4 is 39.6 Å². The number of likely N-dealkylation sites (tertiary alicyclic amines) is 1. The molecule has 5 fully saturated rings. The zero-order valence-corrected chi connectivity index (χ0v) is 31.1. The normalized spacial score (nSPS) is 28.6. The number of hydrogen-bond acceptors (Lipinski definition) is 7. The summed E-state index contributed by atoms with van der Waals surface area (Å²) < 4.78 is 28.0. The smallest absolute Gasteiger partial charge is 0.315 e. The first-order chi connectivity index (χ1) is 23.6. The molecule has 4 N–H and O–H groups in total. The summed E-state index contributed by atoms with van der Waals surface area (Å²) in [6.07, 6.45) is 11.3. The minimum Gasteiger partial charge on any atom is -0.346 e. The summed E-state index contributed by atoms with van der Waals surface area (Å²) in [7, 11) is -2.03. The lowest BCUT2D eigenvalue weighted by molar-refractivity contribution is -0.144. The summed E-state index contributed by atoms with van der Waals surface area (Å²) in [6, 6.07) is -3.47. The molecule has 0 aromatic carbocycles. The van der Waals surface area contributed by atoms with Crippen molar-refractivity contribution < 1.29 is 32.4 Å². The van der Waals surface area contributed by atoms with E-state index in [1.54, 1.807) is 11.9 Å².